The number of carbonyl (C=O) groups is 1. The number of anilines is 1. The van der Waals surface area contributed by atoms with Crippen LogP contribution in [0.5, 0.6) is 0 Å². The highest BCUT2D eigenvalue weighted by Crippen LogP contribution is 2.12. The van der Waals surface area contributed by atoms with E-state index in [2.05, 4.69) is 20.6 Å². The van der Waals surface area contributed by atoms with Crippen molar-refractivity contribution >= 4 is 17.2 Å². The molecule has 7 nitrogen and oxygen atoms in total. The molecule has 0 aliphatic heterocycles. The molecule has 1 amide bonds. The summed E-state index contributed by atoms with van der Waals surface area (Å²) < 4.78 is 6.47. The molecular weight excluding hydrogens is 246 g/mol. The lowest BCUT2D eigenvalue weighted by Gasteiger charge is -2.03. The van der Waals surface area contributed by atoms with Crippen molar-refractivity contribution in [3.8, 4) is 0 Å². The Kier molecular flexibility index (Phi) is 2.52. The third kappa shape index (κ3) is 2.05. The van der Waals surface area contributed by atoms with Gasteiger partial charge in [-0.25, -0.2) is 9.50 Å². The summed E-state index contributed by atoms with van der Waals surface area (Å²) in [6.45, 7) is 3.56. The summed E-state index contributed by atoms with van der Waals surface area (Å²) in [5.74, 6) is 0.185. The van der Waals surface area contributed by atoms with Crippen molar-refractivity contribution in [2.75, 3.05) is 5.32 Å². The molecule has 3 heterocycles. The maximum absolute atomic E-state index is 12.0. The quantitative estimate of drug-likeness (QED) is 0.753. The molecule has 0 bridgehead atoms. The molecule has 0 aliphatic carbocycles. The summed E-state index contributed by atoms with van der Waals surface area (Å²) in [4.78, 5) is 16.2. The monoisotopic (exact) mass is 257 g/mol. The lowest BCUT2D eigenvalue weighted by molar-refractivity contribution is 0.102. The fourth-order valence-corrected chi connectivity index (χ4v) is 1.77. The topological polar surface area (TPSA) is 85.3 Å². The van der Waals surface area contributed by atoms with E-state index in [1.54, 1.807) is 23.8 Å². The second-order valence-electron chi connectivity index (χ2n) is 4.18. The molecule has 3 rings (SSSR count). The van der Waals surface area contributed by atoms with Crippen molar-refractivity contribution in [1.82, 2.24) is 19.8 Å². The highest BCUT2D eigenvalue weighted by molar-refractivity contribution is 6.04. The highest BCUT2D eigenvalue weighted by Gasteiger charge is 2.13. The van der Waals surface area contributed by atoms with Crippen LogP contribution >= 0.6 is 0 Å². The summed E-state index contributed by atoms with van der Waals surface area (Å²) in [7, 11) is 0. The molecule has 0 radical (unpaired) electrons. The Balaban J connectivity index is 1.89. The SMILES string of the molecule is Cc1cc2ncc(NC(=O)c3cnoc3C)cn2n1. The average Bonchev–Trinajstić information content (AvgIpc) is 2.93. The van der Waals surface area contributed by atoms with E-state index < -0.39 is 0 Å². The van der Waals surface area contributed by atoms with Crippen molar-refractivity contribution in [3.63, 3.8) is 0 Å². The van der Waals surface area contributed by atoms with Crippen LogP contribution in [0.2, 0.25) is 0 Å². The Morgan fingerprint density at radius 2 is 2.21 bits per heavy atom. The highest BCUT2D eigenvalue weighted by atomic mass is 16.5. The Bertz CT molecular complexity index is 758. The van der Waals surface area contributed by atoms with Crippen LogP contribution in [0.15, 0.2) is 29.2 Å². The van der Waals surface area contributed by atoms with Crippen molar-refractivity contribution in [2.45, 2.75) is 13.8 Å². The molecule has 0 unspecified atom stereocenters. The van der Waals surface area contributed by atoms with Gasteiger partial charge in [0.1, 0.15) is 11.3 Å². The van der Waals surface area contributed by atoms with Gasteiger partial charge in [-0.1, -0.05) is 5.16 Å². The number of aryl methyl sites for hydroxylation is 2. The maximum atomic E-state index is 12.0. The van der Waals surface area contributed by atoms with Gasteiger partial charge in [0.15, 0.2) is 5.65 Å². The second-order valence-corrected chi connectivity index (χ2v) is 4.18. The molecule has 96 valence electrons. The average molecular weight is 257 g/mol. The van der Waals surface area contributed by atoms with Crippen molar-refractivity contribution in [2.24, 2.45) is 0 Å². The third-order valence-electron chi connectivity index (χ3n) is 2.69. The Morgan fingerprint density at radius 3 is 2.95 bits per heavy atom. The molecule has 0 aromatic carbocycles. The Hall–Kier alpha value is -2.70. The Labute approximate surface area is 108 Å². The van der Waals surface area contributed by atoms with Gasteiger partial charge >= 0.3 is 0 Å². The first-order chi connectivity index (χ1) is 9.13. The van der Waals surface area contributed by atoms with Crippen LogP contribution in [0.25, 0.3) is 5.65 Å². The number of nitrogens with zero attached hydrogens (tertiary/aromatic N) is 4. The van der Waals surface area contributed by atoms with Crippen molar-refractivity contribution in [3.05, 3.63) is 41.7 Å². The molecule has 3 aromatic rings. The van der Waals surface area contributed by atoms with Crippen LogP contribution in [0.3, 0.4) is 0 Å². The standard InChI is InChI=1S/C12H11N5O2/c1-7-3-11-13-4-9(6-17(11)16-7)15-12(18)10-5-14-19-8(10)2/h3-6H,1-2H3,(H,15,18). The zero-order chi connectivity index (χ0) is 13.4. The predicted octanol–water partition coefficient (Wildman–Crippen LogP) is 1.59. The number of aromatic nitrogens is 4. The predicted molar refractivity (Wildman–Crippen MR) is 66.9 cm³/mol. The van der Waals surface area contributed by atoms with Crippen molar-refractivity contribution < 1.29 is 9.32 Å². The number of rotatable bonds is 2. The molecule has 7 heteroatoms. The van der Waals surface area contributed by atoms with Gasteiger partial charge in [0, 0.05) is 6.07 Å². The molecule has 0 aliphatic rings. The normalized spacial score (nSPS) is 10.8. The summed E-state index contributed by atoms with van der Waals surface area (Å²) >= 11 is 0. The minimum atomic E-state index is -0.288. The van der Waals surface area contributed by atoms with Gasteiger partial charge in [0.2, 0.25) is 0 Å². The Morgan fingerprint density at radius 1 is 1.37 bits per heavy atom. The van der Waals surface area contributed by atoms with Gasteiger partial charge in [-0.3, -0.25) is 4.79 Å². The molecular formula is C12H11N5O2. The van der Waals surface area contributed by atoms with E-state index in [1.807, 2.05) is 13.0 Å². The minimum absolute atomic E-state index is 0.288. The van der Waals surface area contributed by atoms with Gasteiger partial charge in [-0.2, -0.15) is 5.10 Å². The summed E-state index contributed by atoms with van der Waals surface area (Å²) in [5.41, 5.74) is 2.56. The smallest absolute Gasteiger partial charge is 0.260 e. The number of hydrogen-bond acceptors (Lipinski definition) is 5. The van der Waals surface area contributed by atoms with E-state index in [0.717, 1.165) is 11.3 Å². The zero-order valence-electron chi connectivity index (χ0n) is 10.4. The molecule has 0 saturated heterocycles. The molecule has 19 heavy (non-hydrogen) atoms. The van der Waals surface area contributed by atoms with Crippen LogP contribution in [0.1, 0.15) is 21.8 Å². The van der Waals surface area contributed by atoms with Crippen LogP contribution in [-0.4, -0.2) is 25.7 Å². The van der Waals surface area contributed by atoms with E-state index >= 15 is 0 Å². The van der Waals surface area contributed by atoms with Gasteiger partial charge < -0.3 is 9.84 Å². The van der Waals surface area contributed by atoms with Crippen LogP contribution in [0, 0.1) is 13.8 Å². The largest absolute Gasteiger partial charge is 0.361 e. The zero-order valence-corrected chi connectivity index (χ0v) is 10.4. The van der Waals surface area contributed by atoms with Gasteiger partial charge in [0.05, 0.1) is 30.0 Å². The maximum Gasteiger partial charge on any atom is 0.260 e. The summed E-state index contributed by atoms with van der Waals surface area (Å²) in [5, 5.41) is 10.5. The van der Waals surface area contributed by atoms with E-state index in [4.69, 9.17) is 4.52 Å². The summed E-state index contributed by atoms with van der Waals surface area (Å²) in [6, 6.07) is 1.86. The fraction of sp³-hybridized carbons (Fsp3) is 0.167. The number of nitrogens with one attached hydrogen (secondary N) is 1. The third-order valence-corrected chi connectivity index (χ3v) is 2.69. The minimum Gasteiger partial charge on any atom is -0.361 e. The van der Waals surface area contributed by atoms with Crippen molar-refractivity contribution in [1.29, 1.82) is 0 Å². The molecule has 0 spiro atoms. The first kappa shape index (κ1) is 11.4. The first-order valence-corrected chi connectivity index (χ1v) is 5.68. The summed E-state index contributed by atoms with van der Waals surface area (Å²) in [6.07, 6.45) is 4.67. The lowest BCUT2D eigenvalue weighted by atomic mass is 10.2. The molecule has 0 saturated carbocycles. The molecule has 3 aromatic heterocycles. The first-order valence-electron chi connectivity index (χ1n) is 5.68. The van der Waals surface area contributed by atoms with Crippen LogP contribution in [0.4, 0.5) is 5.69 Å². The van der Waals surface area contributed by atoms with Gasteiger partial charge in [-0.05, 0) is 13.8 Å². The molecule has 1 N–H and O–H groups in total. The van der Waals surface area contributed by atoms with E-state index in [9.17, 15) is 4.79 Å². The second kappa shape index (κ2) is 4.20. The number of carbonyl (C=O) groups excluding carboxylic acids is 1. The number of hydrogen-bond donors (Lipinski definition) is 1. The van der Waals surface area contributed by atoms with Crippen LogP contribution in [-0.2, 0) is 0 Å². The van der Waals surface area contributed by atoms with E-state index in [0.29, 0.717) is 17.0 Å². The number of amides is 1. The fourth-order valence-electron chi connectivity index (χ4n) is 1.77. The van der Waals surface area contributed by atoms with E-state index in [-0.39, 0.29) is 5.91 Å². The van der Waals surface area contributed by atoms with Gasteiger partial charge in [0.25, 0.3) is 5.91 Å². The lowest BCUT2D eigenvalue weighted by Crippen LogP contribution is -2.13. The molecule has 0 fully saturated rings. The molecule has 0 atom stereocenters. The van der Waals surface area contributed by atoms with E-state index in [1.165, 1.54) is 6.20 Å². The number of fused-ring (bicyclic) bond motifs is 1. The van der Waals surface area contributed by atoms with Gasteiger partial charge in [-0.15, -0.1) is 0 Å². The van der Waals surface area contributed by atoms with Crippen LogP contribution < -0.4 is 5.32 Å².